The number of nitrogens with zero attached hydrogens (tertiary/aromatic N) is 2. The number of fused-ring (bicyclic) bond motifs is 1. The first-order valence-corrected chi connectivity index (χ1v) is 11.1. The molecule has 0 radical (unpaired) electrons. The molecule has 7 heteroatoms. The molecule has 0 aromatic heterocycles. The van der Waals surface area contributed by atoms with Gasteiger partial charge in [0.15, 0.2) is 11.5 Å². The summed E-state index contributed by atoms with van der Waals surface area (Å²) >= 11 is 0. The van der Waals surface area contributed by atoms with Gasteiger partial charge in [-0.15, -0.1) is 0 Å². The molecule has 3 aliphatic rings. The molecule has 2 aromatic rings. The van der Waals surface area contributed by atoms with Crippen molar-refractivity contribution in [3.8, 4) is 11.5 Å². The summed E-state index contributed by atoms with van der Waals surface area (Å²) in [4.78, 5) is 17.1. The van der Waals surface area contributed by atoms with Crippen molar-refractivity contribution in [2.75, 3.05) is 42.7 Å². The van der Waals surface area contributed by atoms with E-state index in [9.17, 15) is 4.79 Å². The molecule has 1 unspecified atom stereocenters. The molecule has 1 saturated carbocycles. The van der Waals surface area contributed by atoms with Gasteiger partial charge in [0.1, 0.15) is 0 Å². The summed E-state index contributed by atoms with van der Waals surface area (Å²) in [5, 5.41) is 5.79. The van der Waals surface area contributed by atoms with Gasteiger partial charge in [-0.3, -0.25) is 0 Å². The lowest BCUT2D eigenvalue weighted by Gasteiger charge is -2.22. The maximum atomic E-state index is 12.5. The molecular formula is C24H30N4O3. The van der Waals surface area contributed by atoms with Crippen LogP contribution in [0.15, 0.2) is 42.5 Å². The highest BCUT2D eigenvalue weighted by Crippen LogP contribution is 2.47. The molecule has 0 bridgehead atoms. The molecule has 2 aliphatic heterocycles. The molecular weight excluding hydrogens is 392 g/mol. The highest BCUT2D eigenvalue weighted by molar-refractivity contribution is 6.00. The predicted octanol–water partition coefficient (Wildman–Crippen LogP) is 4.51. The second-order valence-electron chi connectivity index (χ2n) is 8.96. The molecule has 1 aliphatic carbocycles. The van der Waals surface area contributed by atoms with Crippen LogP contribution in [0.4, 0.5) is 21.9 Å². The van der Waals surface area contributed by atoms with Crippen LogP contribution in [0, 0.1) is 0 Å². The number of urea groups is 1. The van der Waals surface area contributed by atoms with E-state index in [0.29, 0.717) is 17.5 Å². The van der Waals surface area contributed by atoms with Gasteiger partial charge < -0.3 is 29.9 Å². The Bertz CT molecular complexity index is 954. The van der Waals surface area contributed by atoms with E-state index < -0.39 is 5.79 Å². The van der Waals surface area contributed by atoms with E-state index in [2.05, 4.69) is 46.7 Å². The monoisotopic (exact) mass is 422 g/mol. The average Bonchev–Trinajstić information content (AvgIpc) is 3.48. The molecule has 2 amide bonds. The summed E-state index contributed by atoms with van der Waals surface area (Å²) in [5.41, 5.74) is 2.63. The third-order valence-electron chi connectivity index (χ3n) is 6.54. The van der Waals surface area contributed by atoms with Gasteiger partial charge in [-0.25, -0.2) is 4.79 Å². The Kier molecular flexibility index (Phi) is 5.14. The topological polar surface area (TPSA) is 66.1 Å². The summed E-state index contributed by atoms with van der Waals surface area (Å²) in [6.45, 7) is 2.09. The number of carbonyl (C=O) groups excluding carboxylic acids is 1. The summed E-state index contributed by atoms with van der Waals surface area (Å²) in [5.74, 6) is 0.958. The van der Waals surface area contributed by atoms with Crippen molar-refractivity contribution in [3.05, 3.63) is 42.5 Å². The van der Waals surface area contributed by atoms with Crippen molar-refractivity contribution in [2.45, 2.75) is 43.9 Å². The summed E-state index contributed by atoms with van der Waals surface area (Å²) in [6, 6.07) is 13.9. The summed E-state index contributed by atoms with van der Waals surface area (Å²) < 4.78 is 12.1. The largest absolute Gasteiger partial charge is 0.448 e. The van der Waals surface area contributed by atoms with Gasteiger partial charge in [-0.2, -0.15) is 0 Å². The van der Waals surface area contributed by atoms with Crippen molar-refractivity contribution in [1.82, 2.24) is 4.90 Å². The Hall–Kier alpha value is -2.93. The fourth-order valence-electron chi connectivity index (χ4n) is 4.74. The molecule has 5 rings (SSSR count). The van der Waals surface area contributed by atoms with E-state index in [1.54, 1.807) is 0 Å². The molecule has 1 atom stereocenters. The average molecular weight is 423 g/mol. The number of hydrogen-bond donors (Lipinski definition) is 2. The Morgan fingerprint density at radius 2 is 1.68 bits per heavy atom. The third-order valence-corrected chi connectivity index (χ3v) is 6.54. The van der Waals surface area contributed by atoms with E-state index in [0.717, 1.165) is 50.2 Å². The molecule has 164 valence electrons. The number of benzene rings is 2. The second kappa shape index (κ2) is 7.96. The maximum Gasteiger partial charge on any atom is 0.323 e. The van der Waals surface area contributed by atoms with E-state index >= 15 is 0 Å². The number of nitrogens with one attached hydrogen (secondary N) is 2. The maximum absolute atomic E-state index is 12.5. The molecule has 2 N–H and O–H groups in total. The predicted molar refractivity (Wildman–Crippen MR) is 122 cm³/mol. The fraction of sp³-hybridized carbons (Fsp3) is 0.458. The van der Waals surface area contributed by atoms with Crippen LogP contribution in [-0.4, -0.2) is 49.9 Å². The lowest BCUT2D eigenvalue weighted by atomic mass is 10.2. The van der Waals surface area contributed by atoms with Gasteiger partial charge in [0.25, 0.3) is 5.79 Å². The van der Waals surface area contributed by atoms with Gasteiger partial charge in [0.05, 0.1) is 0 Å². The second-order valence-corrected chi connectivity index (χ2v) is 8.96. The molecule has 31 heavy (non-hydrogen) atoms. The quantitative estimate of drug-likeness (QED) is 0.759. The first-order valence-electron chi connectivity index (χ1n) is 11.1. The first kappa shape index (κ1) is 20.0. The van der Waals surface area contributed by atoms with E-state index in [1.807, 2.05) is 30.3 Å². The molecule has 1 saturated heterocycles. The number of amides is 2. The number of hydrogen-bond acceptors (Lipinski definition) is 5. The Morgan fingerprint density at radius 3 is 2.39 bits per heavy atom. The lowest BCUT2D eigenvalue weighted by molar-refractivity contribution is -0.0716. The van der Waals surface area contributed by atoms with Crippen LogP contribution in [0.1, 0.15) is 32.1 Å². The van der Waals surface area contributed by atoms with E-state index in [1.165, 1.54) is 12.1 Å². The van der Waals surface area contributed by atoms with Crippen LogP contribution in [0.2, 0.25) is 0 Å². The van der Waals surface area contributed by atoms with Gasteiger partial charge >= 0.3 is 6.03 Å². The van der Waals surface area contributed by atoms with Crippen LogP contribution in [0.25, 0.3) is 0 Å². The van der Waals surface area contributed by atoms with E-state index in [-0.39, 0.29) is 6.03 Å². The Balaban J connectivity index is 1.17. The minimum absolute atomic E-state index is 0.281. The van der Waals surface area contributed by atoms with Crippen molar-refractivity contribution >= 4 is 23.1 Å². The zero-order valence-electron chi connectivity index (χ0n) is 18.2. The molecule has 2 aromatic carbocycles. The molecule has 2 fully saturated rings. The van der Waals surface area contributed by atoms with Crippen LogP contribution in [0.3, 0.4) is 0 Å². The zero-order valence-corrected chi connectivity index (χ0v) is 18.2. The van der Waals surface area contributed by atoms with Crippen molar-refractivity contribution in [3.63, 3.8) is 0 Å². The minimum atomic E-state index is -0.493. The Morgan fingerprint density at radius 1 is 1.00 bits per heavy atom. The first-order chi connectivity index (χ1) is 15.0. The van der Waals surface area contributed by atoms with Crippen LogP contribution in [-0.2, 0) is 0 Å². The number of ether oxygens (including phenoxy) is 2. The minimum Gasteiger partial charge on any atom is -0.448 e. The van der Waals surface area contributed by atoms with Crippen molar-refractivity contribution in [1.29, 1.82) is 0 Å². The highest BCUT2D eigenvalue weighted by atomic mass is 16.7. The number of anilines is 3. The van der Waals surface area contributed by atoms with Gasteiger partial charge in [-0.1, -0.05) is 0 Å². The van der Waals surface area contributed by atoms with Gasteiger partial charge in [-0.05, 0) is 69.8 Å². The van der Waals surface area contributed by atoms with Crippen LogP contribution < -0.4 is 25.0 Å². The number of carbonyl (C=O) groups is 1. The molecule has 2 heterocycles. The van der Waals surface area contributed by atoms with Crippen LogP contribution in [0.5, 0.6) is 11.5 Å². The smallest absolute Gasteiger partial charge is 0.323 e. The highest BCUT2D eigenvalue weighted by Gasteiger charge is 2.44. The number of rotatable bonds is 4. The van der Waals surface area contributed by atoms with Crippen LogP contribution >= 0.6 is 0 Å². The van der Waals surface area contributed by atoms with Gasteiger partial charge in [0.2, 0.25) is 0 Å². The SMILES string of the molecule is CN(C)C1CCN(c2ccc(NC(=O)Nc3ccc4c(c3)OC3(CCCC3)O4)cc2)C1. The van der Waals surface area contributed by atoms with E-state index in [4.69, 9.17) is 9.47 Å². The fourth-order valence-corrected chi connectivity index (χ4v) is 4.74. The zero-order chi connectivity index (χ0) is 21.4. The summed E-state index contributed by atoms with van der Waals surface area (Å²) in [6.07, 6.45) is 5.23. The van der Waals surface area contributed by atoms with Crippen molar-refractivity contribution in [2.24, 2.45) is 0 Å². The molecule has 7 nitrogen and oxygen atoms in total. The van der Waals surface area contributed by atoms with Crippen molar-refractivity contribution < 1.29 is 14.3 Å². The Labute approximate surface area is 183 Å². The third kappa shape index (κ3) is 4.14. The standard InChI is InChI=1S/C24H30N4O3/c1-27(2)20-11-14-28(16-20)19-8-5-17(6-9-19)25-23(29)26-18-7-10-21-22(15-18)31-24(30-21)12-3-4-13-24/h5-10,15,20H,3-4,11-14,16H2,1-2H3,(H2,25,26,29). The molecule has 1 spiro atoms. The lowest BCUT2D eigenvalue weighted by Crippen LogP contribution is -2.34. The normalized spacial score (nSPS) is 21.1. The number of likely N-dealkylation sites (N-methyl/N-ethyl adjacent to an activating group) is 1. The van der Waals surface area contributed by atoms with Gasteiger partial charge in [0, 0.05) is 55.1 Å². The summed E-state index contributed by atoms with van der Waals surface area (Å²) in [7, 11) is 4.26.